The topological polar surface area (TPSA) is 54.9 Å². The van der Waals surface area contributed by atoms with Gasteiger partial charge in [0.1, 0.15) is 0 Å². The number of rotatable bonds is 9. The molecule has 0 radical (unpaired) electrons. The third-order valence-electron chi connectivity index (χ3n) is 3.39. The van der Waals surface area contributed by atoms with Gasteiger partial charge in [-0.2, -0.15) is 0 Å². The first-order valence-corrected chi connectivity index (χ1v) is 8.34. The van der Waals surface area contributed by atoms with Crippen molar-refractivity contribution in [3.05, 3.63) is 23.8 Å². The lowest BCUT2D eigenvalue weighted by Crippen LogP contribution is -2.37. The van der Waals surface area contributed by atoms with E-state index in [1.165, 1.54) is 0 Å². The van der Waals surface area contributed by atoms with Crippen LogP contribution in [0.3, 0.4) is 0 Å². The summed E-state index contributed by atoms with van der Waals surface area (Å²) in [6, 6.07) is 6.00. The Morgan fingerprint density at radius 1 is 1.21 bits per heavy atom. The van der Waals surface area contributed by atoms with E-state index in [9.17, 15) is 0 Å². The Bertz CT molecular complexity index is 493. The molecule has 0 saturated heterocycles. The summed E-state index contributed by atoms with van der Waals surface area (Å²) in [4.78, 5) is 4.24. The second kappa shape index (κ2) is 13.1. The summed E-state index contributed by atoms with van der Waals surface area (Å²) in [6.07, 6.45) is 2.10. The Balaban J connectivity index is 0.00000529. The van der Waals surface area contributed by atoms with Gasteiger partial charge in [-0.3, -0.25) is 4.99 Å². The third-order valence-corrected chi connectivity index (χ3v) is 3.39. The van der Waals surface area contributed by atoms with E-state index < -0.39 is 0 Å². The molecule has 0 aliphatic carbocycles. The van der Waals surface area contributed by atoms with Crippen LogP contribution in [0.25, 0.3) is 0 Å². The molecule has 0 aromatic heterocycles. The van der Waals surface area contributed by atoms with E-state index in [2.05, 4.69) is 36.4 Å². The number of aliphatic imine (C=N–C) groups is 1. The molecule has 2 N–H and O–H groups in total. The Morgan fingerprint density at radius 2 is 1.96 bits per heavy atom. The smallest absolute Gasteiger partial charge is 0.191 e. The first-order valence-electron chi connectivity index (χ1n) is 8.34. The number of benzene rings is 1. The Hall–Kier alpha value is -1.18. The first kappa shape index (κ1) is 22.8. The van der Waals surface area contributed by atoms with Gasteiger partial charge in [0.2, 0.25) is 0 Å². The number of methoxy groups -OCH3 is 1. The van der Waals surface area contributed by atoms with Crippen LogP contribution >= 0.6 is 24.0 Å². The molecule has 0 fully saturated rings. The highest BCUT2D eigenvalue weighted by Crippen LogP contribution is 2.28. The number of hydrogen-bond donors (Lipinski definition) is 2. The van der Waals surface area contributed by atoms with Gasteiger partial charge in [-0.25, -0.2) is 0 Å². The summed E-state index contributed by atoms with van der Waals surface area (Å²) >= 11 is 0. The minimum absolute atomic E-state index is 0. The second-order valence-corrected chi connectivity index (χ2v) is 5.87. The fourth-order valence-corrected chi connectivity index (χ4v) is 2.04. The Morgan fingerprint density at radius 3 is 2.54 bits per heavy atom. The van der Waals surface area contributed by atoms with Gasteiger partial charge in [0, 0.05) is 20.1 Å². The van der Waals surface area contributed by atoms with E-state index in [0.717, 1.165) is 42.4 Å². The molecule has 1 aromatic carbocycles. The molecular formula is C18H32IN3O2. The average Bonchev–Trinajstić information content (AvgIpc) is 2.56. The molecule has 0 aliphatic heterocycles. The number of ether oxygens (including phenoxy) is 2. The summed E-state index contributed by atoms with van der Waals surface area (Å²) in [7, 11) is 3.45. The molecule has 0 saturated carbocycles. The van der Waals surface area contributed by atoms with Gasteiger partial charge in [0.25, 0.3) is 0 Å². The fraction of sp³-hybridized carbons (Fsp3) is 0.611. The lowest BCUT2D eigenvalue weighted by atomic mass is 10.1. The van der Waals surface area contributed by atoms with Gasteiger partial charge in [0.15, 0.2) is 17.5 Å². The molecule has 0 atom stereocenters. The van der Waals surface area contributed by atoms with Crippen molar-refractivity contribution in [3.63, 3.8) is 0 Å². The van der Waals surface area contributed by atoms with Gasteiger partial charge in [-0.15, -0.1) is 24.0 Å². The van der Waals surface area contributed by atoms with Crippen molar-refractivity contribution in [2.24, 2.45) is 10.9 Å². The van der Waals surface area contributed by atoms with Crippen molar-refractivity contribution in [1.82, 2.24) is 10.6 Å². The van der Waals surface area contributed by atoms with Crippen LogP contribution in [0, 0.1) is 5.92 Å². The second-order valence-electron chi connectivity index (χ2n) is 5.87. The van der Waals surface area contributed by atoms with E-state index in [0.29, 0.717) is 19.1 Å². The van der Waals surface area contributed by atoms with E-state index in [-0.39, 0.29) is 24.0 Å². The number of nitrogens with zero attached hydrogens (tertiary/aromatic N) is 1. The lowest BCUT2D eigenvalue weighted by molar-refractivity contribution is 0.294. The van der Waals surface area contributed by atoms with Crippen LogP contribution in [0.4, 0.5) is 0 Å². The molecule has 0 aliphatic rings. The molecule has 0 spiro atoms. The fourth-order valence-electron chi connectivity index (χ4n) is 2.04. The van der Waals surface area contributed by atoms with Crippen LogP contribution in [-0.4, -0.2) is 33.3 Å². The van der Waals surface area contributed by atoms with Gasteiger partial charge in [-0.05, 0) is 36.5 Å². The molecule has 24 heavy (non-hydrogen) atoms. The number of nitrogens with one attached hydrogen (secondary N) is 2. The molecule has 138 valence electrons. The van der Waals surface area contributed by atoms with Gasteiger partial charge < -0.3 is 20.1 Å². The van der Waals surface area contributed by atoms with Crippen molar-refractivity contribution in [2.75, 3.05) is 27.3 Å². The monoisotopic (exact) mass is 449 g/mol. The molecule has 1 rings (SSSR count). The zero-order valence-corrected chi connectivity index (χ0v) is 17.8. The minimum atomic E-state index is 0. The van der Waals surface area contributed by atoms with Crippen molar-refractivity contribution in [3.8, 4) is 11.5 Å². The molecule has 6 heteroatoms. The quantitative estimate of drug-likeness (QED) is 0.342. The van der Waals surface area contributed by atoms with E-state index in [1.54, 1.807) is 14.2 Å². The predicted molar refractivity (Wildman–Crippen MR) is 112 cm³/mol. The molecule has 0 heterocycles. The van der Waals surface area contributed by atoms with Crippen LogP contribution in [0.15, 0.2) is 23.2 Å². The van der Waals surface area contributed by atoms with Crippen molar-refractivity contribution in [1.29, 1.82) is 0 Å². The van der Waals surface area contributed by atoms with E-state index >= 15 is 0 Å². The highest BCUT2D eigenvalue weighted by molar-refractivity contribution is 14.0. The maximum atomic E-state index is 5.67. The molecule has 1 aromatic rings. The van der Waals surface area contributed by atoms with Gasteiger partial charge >= 0.3 is 0 Å². The number of halogens is 1. The highest BCUT2D eigenvalue weighted by Gasteiger charge is 2.06. The number of guanidine groups is 1. The Kier molecular flexibility index (Phi) is 12.5. The first-order chi connectivity index (χ1) is 11.1. The van der Waals surface area contributed by atoms with Gasteiger partial charge in [-0.1, -0.05) is 26.8 Å². The largest absolute Gasteiger partial charge is 0.493 e. The maximum absolute atomic E-state index is 5.67. The average molecular weight is 449 g/mol. The zero-order valence-electron chi connectivity index (χ0n) is 15.5. The van der Waals surface area contributed by atoms with Crippen molar-refractivity contribution in [2.45, 2.75) is 40.2 Å². The molecule has 0 bridgehead atoms. The maximum Gasteiger partial charge on any atom is 0.191 e. The predicted octanol–water partition coefficient (Wildman–Crippen LogP) is 3.81. The molecule has 5 nitrogen and oxygen atoms in total. The van der Waals surface area contributed by atoms with Crippen LogP contribution in [-0.2, 0) is 6.54 Å². The van der Waals surface area contributed by atoms with Crippen LogP contribution in [0.5, 0.6) is 11.5 Å². The lowest BCUT2D eigenvalue weighted by Gasteiger charge is -2.14. The van der Waals surface area contributed by atoms with Gasteiger partial charge in [0.05, 0.1) is 13.7 Å². The SMILES string of the molecule is CCCOc1ccc(CNC(=NC)NCCC(C)C)cc1OC.I. The highest BCUT2D eigenvalue weighted by atomic mass is 127. The molecule has 0 unspecified atom stereocenters. The van der Waals surface area contributed by atoms with E-state index in [1.807, 2.05) is 18.2 Å². The standard InChI is InChI=1S/C18H31N3O2.HI/c1-6-11-23-16-8-7-15(12-17(16)22-5)13-21-18(19-4)20-10-9-14(2)3;/h7-8,12,14H,6,9-11,13H2,1-5H3,(H2,19,20,21);1H. The van der Waals surface area contributed by atoms with Crippen molar-refractivity contribution < 1.29 is 9.47 Å². The summed E-state index contributed by atoms with van der Waals surface area (Å²) in [5.74, 6) is 3.05. The minimum Gasteiger partial charge on any atom is -0.493 e. The van der Waals surface area contributed by atoms with Crippen molar-refractivity contribution >= 4 is 29.9 Å². The molecule has 0 amide bonds. The molecular weight excluding hydrogens is 417 g/mol. The zero-order chi connectivity index (χ0) is 17.1. The summed E-state index contributed by atoms with van der Waals surface area (Å²) < 4.78 is 11.1. The van der Waals surface area contributed by atoms with Crippen LogP contribution in [0.2, 0.25) is 0 Å². The summed E-state index contributed by atoms with van der Waals surface area (Å²) in [6.45, 7) is 8.82. The van der Waals surface area contributed by atoms with Crippen LogP contribution in [0.1, 0.15) is 39.2 Å². The Labute approximate surface area is 163 Å². The van der Waals surface area contributed by atoms with Crippen LogP contribution < -0.4 is 20.1 Å². The summed E-state index contributed by atoms with van der Waals surface area (Å²) in [5.41, 5.74) is 1.12. The third kappa shape index (κ3) is 8.61. The normalized spacial score (nSPS) is 11.0. The van der Waals surface area contributed by atoms with E-state index in [4.69, 9.17) is 9.47 Å². The summed E-state index contributed by atoms with van der Waals surface area (Å²) in [5, 5.41) is 6.64. The number of hydrogen-bond acceptors (Lipinski definition) is 3.